The topological polar surface area (TPSA) is 17.0 Å². The largest absolute Gasteiger partial charge is 0.349 e. The van der Waals surface area contributed by atoms with Crippen molar-refractivity contribution < 1.29 is 0 Å². The zero-order valence-electron chi connectivity index (χ0n) is 12.3. The summed E-state index contributed by atoms with van der Waals surface area (Å²) in [7, 11) is 0. The quantitative estimate of drug-likeness (QED) is 0.800. The van der Waals surface area contributed by atoms with E-state index in [0.717, 1.165) is 31.5 Å². The van der Waals surface area contributed by atoms with Crippen LogP contribution in [-0.2, 0) is 13.1 Å². The van der Waals surface area contributed by atoms with E-state index in [9.17, 15) is 0 Å². The van der Waals surface area contributed by atoms with Crippen molar-refractivity contribution in [3.63, 3.8) is 0 Å². The van der Waals surface area contributed by atoms with Gasteiger partial charge in [0.1, 0.15) is 0 Å². The zero-order chi connectivity index (χ0) is 13.0. The summed E-state index contributed by atoms with van der Waals surface area (Å²) >= 11 is 0. The first-order valence-electron chi connectivity index (χ1n) is 6.83. The molecule has 0 aliphatic rings. The molecule has 1 rings (SSSR count). The maximum atomic E-state index is 3.57. The lowest BCUT2D eigenvalue weighted by Crippen LogP contribution is -2.24. The molecule has 17 heavy (non-hydrogen) atoms. The molecule has 1 N–H and O–H groups in total. The van der Waals surface area contributed by atoms with Gasteiger partial charge in [-0.05, 0) is 50.8 Å². The second kappa shape index (κ2) is 6.25. The average Bonchev–Trinajstić information content (AvgIpc) is 2.53. The van der Waals surface area contributed by atoms with Gasteiger partial charge in [-0.1, -0.05) is 20.8 Å². The normalized spacial score (nSPS) is 13.4. The standard InChI is InChI=1S/C15H28N2/c1-7-17-13(5)8-15(14(17)6)10-16-9-12(4)11(2)3/h8,11-12,16H,7,9-10H2,1-6H3. The molecule has 1 aromatic heterocycles. The van der Waals surface area contributed by atoms with E-state index in [-0.39, 0.29) is 0 Å². The van der Waals surface area contributed by atoms with E-state index in [2.05, 4.69) is 57.5 Å². The van der Waals surface area contributed by atoms with Gasteiger partial charge in [0.15, 0.2) is 0 Å². The second-order valence-corrected chi connectivity index (χ2v) is 5.49. The molecule has 1 unspecified atom stereocenters. The third-order valence-electron chi connectivity index (χ3n) is 3.91. The molecule has 0 saturated heterocycles. The molecule has 0 aromatic carbocycles. The summed E-state index contributed by atoms with van der Waals surface area (Å²) in [4.78, 5) is 0. The van der Waals surface area contributed by atoms with Gasteiger partial charge in [-0.25, -0.2) is 0 Å². The van der Waals surface area contributed by atoms with Gasteiger partial charge in [-0.2, -0.15) is 0 Å². The first-order valence-corrected chi connectivity index (χ1v) is 6.83. The van der Waals surface area contributed by atoms with E-state index in [4.69, 9.17) is 0 Å². The van der Waals surface area contributed by atoms with Crippen LogP contribution >= 0.6 is 0 Å². The van der Waals surface area contributed by atoms with Crippen LogP contribution in [0.15, 0.2) is 6.07 Å². The number of nitrogens with one attached hydrogen (secondary N) is 1. The highest BCUT2D eigenvalue weighted by atomic mass is 15.0. The van der Waals surface area contributed by atoms with Crippen LogP contribution in [0, 0.1) is 25.7 Å². The Kier molecular flexibility index (Phi) is 5.26. The summed E-state index contributed by atoms with van der Waals surface area (Å²) in [5.74, 6) is 1.50. The Labute approximate surface area is 106 Å². The van der Waals surface area contributed by atoms with Gasteiger partial charge in [0.05, 0.1) is 0 Å². The van der Waals surface area contributed by atoms with Crippen LogP contribution in [0.1, 0.15) is 44.6 Å². The molecule has 0 fully saturated rings. The predicted octanol–water partition coefficient (Wildman–Crippen LogP) is 3.51. The van der Waals surface area contributed by atoms with Crippen LogP contribution in [0.5, 0.6) is 0 Å². The second-order valence-electron chi connectivity index (χ2n) is 5.49. The van der Waals surface area contributed by atoms with Crippen LogP contribution in [0.2, 0.25) is 0 Å². The lowest BCUT2D eigenvalue weighted by atomic mass is 9.98. The smallest absolute Gasteiger partial charge is 0.0223 e. The number of rotatable bonds is 6. The zero-order valence-corrected chi connectivity index (χ0v) is 12.3. The molecular weight excluding hydrogens is 208 g/mol. The molecule has 1 aromatic rings. The summed E-state index contributed by atoms with van der Waals surface area (Å²) in [6.45, 7) is 16.7. The van der Waals surface area contributed by atoms with Crippen LogP contribution in [0.4, 0.5) is 0 Å². The number of nitrogens with zero attached hydrogens (tertiary/aromatic N) is 1. The predicted molar refractivity (Wildman–Crippen MR) is 75.3 cm³/mol. The molecule has 0 aliphatic heterocycles. The fraction of sp³-hybridized carbons (Fsp3) is 0.733. The molecule has 0 bridgehead atoms. The maximum Gasteiger partial charge on any atom is 0.0223 e. The van der Waals surface area contributed by atoms with Crippen molar-refractivity contribution in [3.05, 3.63) is 23.0 Å². The molecule has 0 spiro atoms. The van der Waals surface area contributed by atoms with E-state index in [1.54, 1.807) is 0 Å². The highest BCUT2D eigenvalue weighted by Gasteiger charge is 2.09. The van der Waals surface area contributed by atoms with Gasteiger partial charge in [0.2, 0.25) is 0 Å². The highest BCUT2D eigenvalue weighted by Crippen LogP contribution is 2.15. The van der Waals surface area contributed by atoms with Gasteiger partial charge in [0.25, 0.3) is 0 Å². The molecular formula is C15H28N2. The Morgan fingerprint density at radius 2 is 1.88 bits per heavy atom. The molecule has 0 aliphatic carbocycles. The number of hydrogen-bond donors (Lipinski definition) is 1. The van der Waals surface area contributed by atoms with Crippen molar-refractivity contribution in [1.82, 2.24) is 9.88 Å². The van der Waals surface area contributed by atoms with Crippen molar-refractivity contribution in [3.8, 4) is 0 Å². The summed E-state index contributed by atoms with van der Waals surface area (Å²) in [5, 5.41) is 3.57. The van der Waals surface area contributed by atoms with E-state index < -0.39 is 0 Å². The van der Waals surface area contributed by atoms with Crippen LogP contribution in [-0.4, -0.2) is 11.1 Å². The summed E-state index contributed by atoms with van der Waals surface area (Å²) in [6, 6.07) is 2.31. The third kappa shape index (κ3) is 3.60. The third-order valence-corrected chi connectivity index (χ3v) is 3.91. The Morgan fingerprint density at radius 1 is 1.24 bits per heavy atom. The molecule has 1 heterocycles. The summed E-state index contributed by atoms with van der Waals surface area (Å²) < 4.78 is 2.38. The van der Waals surface area contributed by atoms with Crippen LogP contribution in [0.25, 0.3) is 0 Å². The fourth-order valence-electron chi connectivity index (χ4n) is 2.21. The lowest BCUT2D eigenvalue weighted by Gasteiger charge is -2.16. The van der Waals surface area contributed by atoms with E-state index in [1.165, 1.54) is 17.0 Å². The Balaban J connectivity index is 2.53. The van der Waals surface area contributed by atoms with Gasteiger partial charge >= 0.3 is 0 Å². The van der Waals surface area contributed by atoms with Gasteiger partial charge < -0.3 is 9.88 Å². The lowest BCUT2D eigenvalue weighted by molar-refractivity contribution is 0.392. The molecule has 0 amide bonds. The molecule has 98 valence electrons. The minimum Gasteiger partial charge on any atom is -0.349 e. The molecule has 2 nitrogen and oxygen atoms in total. The molecule has 0 radical (unpaired) electrons. The van der Waals surface area contributed by atoms with E-state index in [1.807, 2.05) is 0 Å². The Bertz CT molecular complexity index is 350. The van der Waals surface area contributed by atoms with Gasteiger partial charge in [-0.15, -0.1) is 0 Å². The van der Waals surface area contributed by atoms with Gasteiger partial charge in [-0.3, -0.25) is 0 Å². The van der Waals surface area contributed by atoms with Crippen molar-refractivity contribution >= 4 is 0 Å². The molecule has 2 heteroatoms. The highest BCUT2D eigenvalue weighted by molar-refractivity contribution is 5.26. The first-order chi connectivity index (χ1) is 7.97. The monoisotopic (exact) mass is 236 g/mol. The number of aromatic nitrogens is 1. The minimum atomic E-state index is 0.740. The van der Waals surface area contributed by atoms with Crippen LogP contribution < -0.4 is 5.32 Å². The first kappa shape index (κ1) is 14.3. The Morgan fingerprint density at radius 3 is 2.35 bits per heavy atom. The summed E-state index contributed by atoms with van der Waals surface area (Å²) in [6.07, 6.45) is 0. The number of aryl methyl sites for hydroxylation is 1. The molecule has 1 atom stereocenters. The average molecular weight is 236 g/mol. The van der Waals surface area contributed by atoms with E-state index in [0.29, 0.717) is 0 Å². The fourth-order valence-corrected chi connectivity index (χ4v) is 2.21. The molecule has 0 saturated carbocycles. The van der Waals surface area contributed by atoms with E-state index >= 15 is 0 Å². The van der Waals surface area contributed by atoms with Crippen molar-refractivity contribution in [2.75, 3.05) is 6.54 Å². The minimum absolute atomic E-state index is 0.740. The van der Waals surface area contributed by atoms with Gasteiger partial charge in [0, 0.05) is 24.5 Å². The van der Waals surface area contributed by atoms with Crippen molar-refractivity contribution in [1.29, 1.82) is 0 Å². The number of hydrogen-bond acceptors (Lipinski definition) is 1. The van der Waals surface area contributed by atoms with Crippen molar-refractivity contribution in [2.45, 2.75) is 54.6 Å². The SMILES string of the molecule is CCn1c(C)cc(CNCC(C)C(C)C)c1C. The van der Waals surface area contributed by atoms with Crippen LogP contribution in [0.3, 0.4) is 0 Å². The van der Waals surface area contributed by atoms with Crippen molar-refractivity contribution in [2.24, 2.45) is 11.8 Å². The maximum absolute atomic E-state index is 3.57. The summed E-state index contributed by atoms with van der Waals surface area (Å²) in [5.41, 5.74) is 4.23. The Hall–Kier alpha value is -0.760.